The van der Waals surface area contributed by atoms with Crippen molar-refractivity contribution in [1.82, 2.24) is 15.2 Å². The number of aromatic nitrogens is 3. The zero-order valence-electron chi connectivity index (χ0n) is 11.0. The summed E-state index contributed by atoms with van der Waals surface area (Å²) in [4.78, 5) is 4.55. The van der Waals surface area contributed by atoms with Crippen LogP contribution in [0.1, 0.15) is 44.3 Å². The lowest BCUT2D eigenvalue weighted by molar-refractivity contribution is -0.00975. The van der Waals surface area contributed by atoms with Crippen molar-refractivity contribution in [1.29, 1.82) is 0 Å². The summed E-state index contributed by atoms with van der Waals surface area (Å²) >= 11 is 0. The van der Waals surface area contributed by atoms with Crippen molar-refractivity contribution in [2.75, 3.05) is 11.2 Å². The van der Waals surface area contributed by atoms with Crippen molar-refractivity contribution in [3.05, 3.63) is 5.82 Å². The minimum Gasteiger partial charge on any atom is -0.379 e. The third kappa shape index (κ3) is 1.62. The van der Waals surface area contributed by atoms with E-state index in [9.17, 15) is 0 Å². The molecule has 4 fully saturated rings. The van der Waals surface area contributed by atoms with E-state index in [1.165, 1.54) is 38.5 Å². The predicted octanol–water partition coefficient (Wildman–Crippen LogP) is 1.21. The number of nitrogen functional groups attached to an aromatic ring is 2. The first-order valence-corrected chi connectivity index (χ1v) is 7.16. The molecule has 4 aliphatic rings. The van der Waals surface area contributed by atoms with Crippen LogP contribution < -0.4 is 17.0 Å². The maximum absolute atomic E-state index is 5.71. The highest BCUT2D eigenvalue weighted by Gasteiger charge is 2.53. The van der Waals surface area contributed by atoms with Crippen LogP contribution in [0.5, 0.6) is 0 Å². The van der Waals surface area contributed by atoms with Gasteiger partial charge in [-0.1, -0.05) is 0 Å². The van der Waals surface area contributed by atoms with Crippen LogP contribution in [0.2, 0.25) is 0 Å². The number of rotatable bonds is 2. The molecule has 0 atom stereocenters. The van der Waals surface area contributed by atoms with Gasteiger partial charge >= 0.3 is 0 Å². The second-order valence-electron chi connectivity index (χ2n) is 6.71. The van der Waals surface area contributed by atoms with E-state index < -0.39 is 0 Å². The van der Waals surface area contributed by atoms with E-state index in [0.29, 0.717) is 5.82 Å². The maximum Gasteiger partial charge on any atom is 0.190 e. The zero-order valence-corrected chi connectivity index (χ0v) is 11.0. The minimum absolute atomic E-state index is 0.140. The summed E-state index contributed by atoms with van der Waals surface area (Å²) in [6.07, 6.45) is 7.87. The third-order valence-corrected chi connectivity index (χ3v) is 5.36. The van der Waals surface area contributed by atoms with Gasteiger partial charge in [0.25, 0.3) is 0 Å². The first-order chi connectivity index (χ1) is 9.18. The van der Waals surface area contributed by atoms with Crippen molar-refractivity contribution in [2.45, 2.75) is 43.9 Å². The summed E-state index contributed by atoms with van der Waals surface area (Å²) < 4.78 is 0. The van der Waals surface area contributed by atoms with E-state index in [1.54, 1.807) is 0 Å². The molecule has 19 heavy (non-hydrogen) atoms. The number of nitrogens with zero attached hydrogens (tertiary/aromatic N) is 3. The average Bonchev–Trinajstić information content (AvgIpc) is 2.37. The van der Waals surface area contributed by atoms with Gasteiger partial charge in [0.1, 0.15) is 0 Å². The Balaban J connectivity index is 1.75. The predicted molar refractivity (Wildman–Crippen MR) is 71.9 cm³/mol. The van der Waals surface area contributed by atoms with Crippen LogP contribution in [0.15, 0.2) is 0 Å². The molecule has 1 aromatic rings. The van der Waals surface area contributed by atoms with E-state index in [-0.39, 0.29) is 11.2 Å². The molecule has 4 aliphatic carbocycles. The SMILES string of the molecule is NNc1nc(C23CC4CC(CC(C4)C2)C3)nnc1N. The van der Waals surface area contributed by atoms with E-state index >= 15 is 0 Å². The van der Waals surface area contributed by atoms with Crippen LogP contribution in [-0.2, 0) is 5.41 Å². The zero-order chi connectivity index (χ0) is 13.0. The lowest BCUT2D eigenvalue weighted by Gasteiger charge is -2.55. The van der Waals surface area contributed by atoms with Crippen LogP contribution in [0, 0.1) is 17.8 Å². The number of nitrogens with one attached hydrogen (secondary N) is 1. The lowest BCUT2D eigenvalue weighted by Crippen LogP contribution is -2.49. The standard InChI is InChI=1S/C13H20N6/c14-10-11(17-15)16-12(19-18-10)13-4-7-1-8(5-13)3-9(2-7)6-13/h7-9H,1-6,15H2,(H2,14,18)(H,16,17,19). The second kappa shape index (κ2) is 3.79. The maximum atomic E-state index is 5.71. The number of anilines is 2. The lowest BCUT2D eigenvalue weighted by atomic mass is 9.49. The molecule has 0 unspecified atom stereocenters. The van der Waals surface area contributed by atoms with Crippen LogP contribution in [0.4, 0.5) is 11.6 Å². The van der Waals surface area contributed by atoms with Gasteiger partial charge in [0.2, 0.25) is 0 Å². The molecule has 5 N–H and O–H groups in total. The monoisotopic (exact) mass is 260 g/mol. The molecule has 1 aromatic heterocycles. The molecule has 6 nitrogen and oxygen atoms in total. The molecule has 0 aliphatic heterocycles. The average molecular weight is 260 g/mol. The molecule has 0 saturated heterocycles. The van der Waals surface area contributed by atoms with Crippen molar-refractivity contribution in [2.24, 2.45) is 23.6 Å². The highest BCUT2D eigenvalue weighted by Crippen LogP contribution is 2.60. The Bertz CT molecular complexity index is 479. The van der Waals surface area contributed by atoms with Crippen LogP contribution in [-0.4, -0.2) is 15.2 Å². The number of hydrogen-bond acceptors (Lipinski definition) is 6. The Morgan fingerprint density at radius 2 is 1.58 bits per heavy atom. The quantitative estimate of drug-likeness (QED) is 0.545. The summed E-state index contributed by atoms with van der Waals surface area (Å²) in [5, 5.41) is 8.33. The summed E-state index contributed by atoms with van der Waals surface area (Å²) in [5.74, 6) is 9.63. The number of hydrazine groups is 1. The van der Waals surface area contributed by atoms with Gasteiger partial charge in [-0.3, -0.25) is 0 Å². The van der Waals surface area contributed by atoms with Crippen molar-refractivity contribution in [3.8, 4) is 0 Å². The van der Waals surface area contributed by atoms with Gasteiger partial charge in [0, 0.05) is 5.41 Å². The normalized spacial score (nSPS) is 39.5. The summed E-state index contributed by atoms with van der Waals surface area (Å²) in [6.45, 7) is 0. The topological polar surface area (TPSA) is 103 Å². The van der Waals surface area contributed by atoms with Crippen LogP contribution >= 0.6 is 0 Å². The Morgan fingerprint density at radius 3 is 2.11 bits per heavy atom. The molecular formula is C13H20N6. The van der Waals surface area contributed by atoms with Gasteiger partial charge in [-0.15, -0.1) is 10.2 Å². The fourth-order valence-corrected chi connectivity index (χ4v) is 5.05. The smallest absolute Gasteiger partial charge is 0.190 e. The van der Waals surface area contributed by atoms with E-state index in [4.69, 9.17) is 11.6 Å². The van der Waals surface area contributed by atoms with Crippen molar-refractivity contribution < 1.29 is 0 Å². The van der Waals surface area contributed by atoms with Crippen LogP contribution in [0.25, 0.3) is 0 Å². The van der Waals surface area contributed by atoms with Gasteiger partial charge < -0.3 is 11.2 Å². The molecule has 6 heteroatoms. The summed E-state index contributed by atoms with van der Waals surface area (Å²) in [5.41, 5.74) is 8.38. The van der Waals surface area contributed by atoms with Gasteiger partial charge in [0.05, 0.1) is 0 Å². The third-order valence-electron chi connectivity index (χ3n) is 5.36. The first kappa shape index (κ1) is 11.4. The Labute approximate surface area is 112 Å². The number of hydrogen-bond donors (Lipinski definition) is 3. The van der Waals surface area contributed by atoms with Gasteiger partial charge in [-0.2, -0.15) is 0 Å². The molecule has 0 aromatic carbocycles. The molecule has 102 valence electrons. The number of nitrogens with two attached hydrogens (primary N) is 2. The molecule has 0 radical (unpaired) electrons. The van der Waals surface area contributed by atoms with Crippen molar-refractivity contribution >= 4 is 11.6 Å². The van der Waals surface area contributed by atoms with E-state index in [1.807, 2.05) is 0 Å². The summed E-state index contributed by atoms with van der Waals surface area (Å²) in [7, 11) is 0. The molecule has 1 heterocycles. The van der Waals surface area contributed by atoms with Gasteiger partial charge in [-0.05, 0) is 56.3 Å². The Morgan fingerprint density at radius 1 is 1.00 bits per heavy atom. The minimum atomic E-state index is 0.140. The molecule has 4 bridgehead atoms. The first-order valence-electron chi connectivity index (χ1n) is 7.16. The molecule has 0 amide bonds. The largest absolute Gasteiger partial charge is 0.379 e. The molecule has 4 saturated carbocycles. The van der Waals surface area contributed by atoms with E-state index in [0.717, 1.165) is 23.6 Å². The Hall–Kier alpha value is -1.43. The second-order valence-corrected chi connectivity index (χ2v) is 6.71. The van der Waals surface area contributed by atoms with Gasteiger partial charge in [0.15, 0.2) is 17.5 Å². The highest BCUT2D eigenvalue weighted by atomic mass is 15.3. The summed E-state index contributed by atoms with van der Waals surface area (Å²) in [6, 6.07) is 0. The molecule has 5 rings (SSSR count). The van der Waals surface area contributed by atoms with E-state index in [2.05, 4.69) is 20.6 Å². The fraction of sp³-hybridized carbons (Fsp3) is 0.769. The molecule has 0 spiro atoms. The highest BCUT2D eigenvalue weighted by molar-refractivity contribution is 5.54. The van der Waals surface area contributed by atoms with Crippen LogP contribution in [0.3, 0.4) is 0 Å². The Kier molecular flexibility index (Phi) is 2.27. The van der Waals surface area contributed by atoms with Gasteiger partial charge in [-0.25, -0.2) is 10.8 Å². The van der Waals surface area contributed by atoms with Crippen molar-refractivity contribution in [3.63, 3.8) is 0 Å². The molecular weight excluding hydrogens is 240 g/mol. The fourth-order valence-electron chi connectivity index (χ4n) is 5.05.